The van der Waals surface area contributed by atoms with Gasteiger partial charge in [-0.05, 0) is 36.8 Å². The maximum atomic E-state index is 12.5. The van der Waals surface area contributed by atoms with E-state index < -0.39 is 12.1 Å². The molecule has 0 aliphatic heterocycles. The van der Waals surface area contributed by atoms with Crippen molar-refractivity contribution in [2.75, 3.05) is 7.11 Å². The Balaban J connectivity index is 1.92. The van der Waals surface area contributed by atoms with Crippen LogP contribution in [-0.2, 0) is 9.53 Å². The third kappa shape index (κ3) is 2.69. The Labute approximate surface area is 129 Å². The summed E-state index contributed by atoms with van der Waals surface area (Å²) >= 11 is 0. The van der Waals surface area contributed by atoms with E-state index in [1.165, 1.54) is 0 Å². The van der Waals surface area contributed by atoms with E-state index in [1.807, 2.05) is 24.3 Å². The number of carbonyl (C=O) groups is 2. The molecular weight excluding hydrogens is 280 g/mol. The number of hydrogen-bond acceptors (Lipinski definition) is 4. The lowest BCUT2D eigenvalue weighted by molar-refractivity contribution is -0.129. The van der Waals surface area contributed by atoms with E-state index in [9.17, 15) is 9.59 Å². The van der Waals surface area contributed by atoms with Crippen LogP contribution in [-0.4, -0.2) is 25.0 Å². The van der Waals surface area contributed by atoms with Crippen LogP contribution >= 0.6 is 0 Å². The molecule has 4 heteroatoms. The summed E-state index contributed by atoms with van der Waals surface area (Å²) in [5, 5.41) is 1.63. The summed E-state index contributed by atoms with van der Waals surface area (Å²) in [7, 11) is 1.60. The van der Waals surface area contributed by atoms with Crippen molar-refractivity contribution in [3.05, 3.63) is 42.0 Å². The molecule has 2 aromatic carbocycles. The lowest BCUT2D eigenvalue weighted by Crippen LogP contribution is -2.30. The lowest BCUT2D eigenvalue weighted by atomic mass is 9.96. The maximum Gasteiger partial charge on any atom is 0.339 e. The predicted molar refractivity (Wildman–Crippen MR) is 83.2 cm³/mol. The molecule has 114 valence electrons. The number of hydrogen-bond donors (Lipinski definition) is 0. The number of Topliss-reactive ketones (excluding diaryl/α,β-unsaturated/α-hetero) is 1. The van der Waals surface area contributed by atoms with Crippen molar-refractivity contribution >= 4 is 22.5 Å². The maximum absolute atomic E-state index is 12.5. The molecule has 1 atom stereocenters. The summed E-state index contributed by atoms with van der Waals surface area (Å²) in [6, 6.07) is 11.0. The smallest absolute Gasteiger partial charge is 0.339 e. The van der Waals surface area contributed by atoms with Crippen LogP contribution in [0.25, 0.3) is 10.8 Å². The van der Waals surface area contributed by atoms with E-state index in [0.717, 1.165) is 23.6 Å². The second-order valence-electron chi connectivity index (χ2n) is 5.47. The Morgan fingerprint density at radius 1 is 1.09 bits per heavy atom. The molecule has 0 N–H and O–H groups in total. The number of rotatable bonds is 3. The molecule has 0 heterocycles. The summed E-state index contributed by atoms with van der Waals surface area (Å²) in [5.41, 5.74) is 0.467. The molecule has 1 saturated carbocycles. The molecule has 0 unspecified atom stereocenters. The molecule has 2 aromatic rings. The fourth-order valence-corrected chi connectivity index (χ4v) is 2.90. The van der Waals surface area contributed by atoms with Gasteiger partial charge >= 0.3 is 5.97 Å². The monoisotopic (exact) mass is 298 g/mol. The molecule has 0 saturated heterocycles. The molecular formula is C18H18O4. The largest absolute Gasteiger partial charge is 0.496 e. The number of fused-ring (bicyclic) bond motifs is 1. The van der Waals surface area contributed by atoms with Crippen LogP contribution in [0.3, 0.4) is 0 Å². The number of methoxy groups -OCH3 is 1. The molecule has 0 radical (unpaired) electrons. The van der Waals surface area contributed by atoms with Gasteiger partial charge in [-0.15, -0.1) is 0 Å². The number of esters is 1. The minimum Gasteiger partial charge on any atom is -0.496 e. The molecule has 4 nitrogen and oxygen atoms in total. The number of benzene rings is 2. The van der Waals surface area contributed by atoms with E-state index in [0.29, 0.717) is 24.2 Å². The van der Waals surface area contributed by atoms with E-state index in [1.54, 1.807) is 19.2 Å². The van der Waals surface area contributed by atoms with Crippen molar-refractivity contribution in [1.29, 1.82) is 0 Å². The molecule has 1 fully saturated rings. The van der Waals surface area contributed by atoms with Gasteiger partial charge in [-0.2, -0.15) is 0 Å². The van der Waals surface area contributed by atoms with Crippen molar-refractivity contribution in [2.45, 2.75) is 31.8 Å². The SMILES string of the molecule is COc1ccc(C(=O)O[C@H]2CCCCC2=O)c2ccccc12. The summed E-state index contributed by atoms with van der Waals surface area (Å²) in [6.07, 6.45) is 2.34. The highest BCUT2D eigenvalue weighted by molar-refractivity contribution is 6.07. The molecule has 0 aromatic heterocycles. The van der Waals surface area contributed by atoms with Crippen LogP contribution < -0.4 is 4.74 Å². The topological polar surface area (TPSA) is 52.6 Å². The number of ether oxygens (including phenoxy) is 2. The zero-order chi connectivity index (χ0) is 15.5. The molecule has 0 amide bonds. The highest BCUT2D eigenvalue weighted by atomic mass is 16.5. The van der Waals surface area contributed by atoms with Gasteiger partial charge in [0.05, 0.1) is 12.7 Å². The number of ketones is 1. The van der Waals surface area contributed by atoms with Crippen molar-refractivity contribution in [1.82, 2.24) is 0 Å². The van der Waals surface area contributed by atoms with Gasteiger partial charge < -0.3 is 9.47 Å². The first-order valence-electron chi connectivity index (χ1n) is 7.50. The van der Waals surface area contributed by atoms with Crippen LogP contribution in [0.4, 0.5) is 0 Å². The first kappa shape index (κ1) is 14.6. The van der Waals surface area contributed by atoms with Gasteiger partial charge in [0.25, 0.3) is 0 Å². The zero-order valence-electron chi connectivity index (χ0n) is 12.5. The molecule has 22 heavy (non-hydrogen) atoms. The van der Waals surface area contributed by atoms with E-state index >= 15 is 0 Å². The lowest BCUT2D eigenvalue weighted by Gasteiger charge is -2.21. The third-order valence-electron chi connectivity index (χ3n) is 4.07. The van der Waals surface area contributed by atoms with Gasteiger partial charge in [0.15, 0.2) is 11.9 Å². The fourth-order valence-electron chi connectivity index (χ4n) is 2.90. The average molecular weight is 298 g/mol. The Hall–Kier alpha value is -2.36. The summed E-state index contributed by atoms with van der Waals surface area (Å²) in [5.74, 6) is 0.289. The second kappa shape index (κ2) is 6.18. The van der Waals surface area contributed by atoms with E-state index in [-0.39, 0.29) is 5.78 Å². The summed E-state index contributed by atoms with van der Waals surface area (Å²) < 4.78 is 10.8. The Morgan fingerprint density at radius 2 is 1.86 bits per heavy atom. The van der Waals surface area contributed by atoms with Crippen molar-refractivity contribution in [3.8, 4) is 5.75 Å². The van der Waals surface area contributed by atoms with Crippen molar-refractivity contribution in [2.24, 2.45) is 0 Å². The summed E-state index contributed by atoms with van der Waals surface area (Å²) in [4.78, 5) is 24.3. The van der Waals surface area contributed by atoms with Crippen LogP contribution in [0.5, 0.6) is 5.75 Å². The van der Waals surface area contributed by atoms with Crippen LogP contribution in [0, 0.1) is 0 Å². The molecule has 1 aliphatic carbocycles. The highest BCUT2D eigenvalue weighted by Gasteiger charge is 2.27. The third-order valence-corrected chi connectivity index (χ3v) is 4.07. The van der Waals surface area contributed by atoms with Crippen LogP contribution in [0.15, 0.2) is 36.4 Å². The average Bonchev–Trinajstić information content (AvgIpc) is 2.56. The van der Waals surface area contributed by atoms with Gasteiger partial charge in [-0.25, -0.2) is 4.79 Å². The molecule has 3 rings (SSSR count). The van der Waals surface area contributed by atoms with Gasteiger partial charge in [0.2, 0.25) is 0 Å². The van der Waals surface area contributed by atoms with E-state index in [4.69, 9.17) is 9.47 Å². The predicted octanol–water partition coefficient (Wildman–Crippen LogP) is 3.52. The normalized spacial score (nSPS) is 18.2. The van der Waals surface area contributed by atoms with Gasteiger partial charge in [-0.3, -0.25) is 4.79 Å². The standard InChI is InChI=1S/C18H18O4/c1-21-16-11-10-14(12-6-2-3-7-13(12)16)18(20)22-17-9-5-4-8-15(17)19/h2-3,6-7,10-11,17H,4-5,8-9H2,1H3/t17-/m0/s1. The first-order chi connectivity index (χ1) is 10.7. The highest BCUT2D eigenvalue weighted by Crippen LogP contribution is 2.29. The quantitative estimate of drug-likeness (QED) is 0.814. The minimum absolute atomic E-state index is 0.0254. The van der Waals surface area contributed by atoms with Crippen LogP contribution in [0.2, 0.25) is 0 Å². The fraction of sp³-hybridized carbons (Fsp3) is 0.333. The Kier molecular flexibility index (Phi) is 4.09. The second-order valence-corrected chi connectivity index (χ2v) is 5.47. The number of carbonyl (C=O) groups excluding carboxylic acids is 2. The molecule has 1 aliphatic rings. The Bertz CT molecular complexity index is 720. The van der Waals surface area contributed by atoms with Crippen molar-refractivity contribution < 1.29 is 19.1 Å². The van der Waals surface area contributed by atoms with Crippen LogP contribution in [0.1, 0.15) is 36.0 Å². The van der Waals surface area contributed by atoms with Crippen molar-refractivity contribution in [3.63, 3.8) is 0 Å². The first-order valence-corrected chi connectivity index (χ1v) is 7.50. The Morgan fingerprint density at radius 3 is 2.59 bits per heavy atom. The van der Waals surface area contributed by atoms with Gasteiger partial charge in [0.1, 0.15) is 5.75 Å². The molecule has 0 spiro atoms. The summed E-state index contributed by atoms with van der Waals surface area (Å²) in [6.45, 7) is 0. The van der Waals surface area contributed by atoms with Gasteiger partial charge in [0, 0.05) is 11.8 Å². The molecule has 0 bridgehead atoms. The van der Waals surface area contributed by atoms with E-state index in [2.05, 4.69) is 0 Å². The minimum atomic E-state index is -0.595. The van der Waals surface area contributed by atoms with Gasteiger partial charge in [-0.1, -0.05) is 24.3 Å². The zero-order valence-corrected chi connectivity index (χ0v) is 12.5.